The van der Waals surface area contributed by atoms with Crippen LogP contribution in [-0.2, 0) is 27.0 Å². The first kappa shape index (κ1) is 19.2. The molecule has 6 nitrogen and oxygen atoms in total. The molecule has 0 aromatic carbocycles. The highest BCUT2D eigenvalue weighted by atomic mass is 16.7. The Hall–Kier alpha value is -1.60. The van der Waals surface area contributed by atoms with Crippen LogP contribution in [0.2, 0.25) is 0 Å². The third kappa shape index (κ3) is 3.60. The van der Waals surface area contributed by atoms with Gasteiger partial charge in [0.05, 0.1) is 23.4 Å². The Morgan fingerprint density at radius 3 is 2.42 bits per heavy atom. The first-order valence-corrected chi connectivity index (χ1v) is 9.20. The summed E-state index contributed by atoms with van der Waals surface area (Å²) < 4.78 is 17.9. The van der Waals surface area contributed by atoms with Gasteiger partial charge in [-0.2, -0.15) is 0 Å². The Balaban J connectivity index is 1.81. The molecule has 0 atom stereocenters. The van der Waals surface area contributed by atoms with Crippen molar-refractivity contribution in [2.75, 3.05) is 6.54 Å². The maximum atomic E-state index is 12.4. The number of amides is 1. The van der Waals surface area contributed by atoms with Gasteiger partial charge in [0.1, 0.15) is 5.60 Å². The predicted molar refractivity (Wildman–Crippen MR) is 100 cm³/mol. The lowest BCUT2D eigenvalue weighted by Crippen LogP contribution is -2.44. The van der Waals surface area contributed by atoms with E-state index < -0.39 is 12.7 Å². The second-order valence-electron chi connectivity index (χ2n) is 9.07. The highest BCUT2D eigenvalue weighted by Crippen LogP contribution is 2.37. The van der Waals surface area contributed by atoms with Crippen molar-refractivity contribution in [3.63, 3.8) is 0 Å². The number of fused-ring (bicyclic) bond motifs is 1. The molecule has 26 heavy (non-hydrogen) atoms. The average molecular weight is 360 g/mol. The minimum Gasteiger partial charge on any atom is -0.444 e. The lowest BCUT2D eigenvalue weighted by Gasteiger charge is -2.32. The van der Waals surface area contributed by atoms with Crippen molar-refractivity contribution in [2.45, 2.75) is 78.2 Å². The van der Waals surface area contributed by atoms with Crippen molar-refractivity contribution in [1.82, 2.24) is 9.88 Å². The number of rotatable bonds is 1. The van der Waals surface area contributed by atoms with E-state index in [9.17, 15) is 4.79 Å². The maximum absolute atomic E-state index is 12.4. The summed E-state index contributed by atoms with van der Waals surface area (Å²) in [6.07, 6.45) is 2.17. The molecular weight excluding hydrogens is 331 g/mol. The van der Waals surface area contributed by atoms with Crippen LogP contribution in [-0.4, -0.2) is 46.4 Å². The van der Waals surface area contributed by atoms with Crippen LogP contribution in [0, 0.1) is 0 Å². The van der Waals surface area contributed by atoms with E-state index in [-0.39, 0.29) is 17.3 Å². The van der Waals surface area contributed by atoms with E-state index in [1.807, 2.05) is 54.5 Å². The van der Waals surface area contributed by atoms with Gasteiger partial charge in [-0.3, -0.25) is 4.98 Å². The third-order valence-electron chi connectivity index (χ3n) is 5.31. The van der Waals surface area contributed by atoms with Gasteiger partial charge in [-0.25, -0.2) is 4.79 Å². The second-order valence-corrected chi connectivity index (χ2v) is 9.07. The summed E-state index contributed by atoms with van der Waals surface area (Å²) in [6, 6.07) is 1.96. The zero-order chi connectivity index (χ0) is 19.3. The van der Waals surface area contributed by atoms with Gasteiger partial charge in [-0.05, 0) is 72.0 Å². The standard InChI is InChI=1S/C19H29BN2O4/c1-17(2,3)24-16(23)22-11-9-13-14(8-10-21-15(13)12-22)20-25-18(4,5)19(6,7)26-20/h8,10H,9,11-12H2,1-7H3. The molecule has 1 saturated heterocycles. The van der Waals surface area contributed by atoms with Crippen molar-refractivity contribution in [1.29, 1.82) is 0 Å². The zero-order valence-electron chi connectivity index (χ0n) is 16.9. The molecular formula is C19H29BN2O4. The zero-order valence-corrected chi connectivity index (χ0v) is 16.9. The molecule has 1 fully saturated rings. The molecule has 0 saturated carbocycles. The molecule has 0 radical (unpaired) electrons. The molecule has 3 heterocycles. The smallest absolute Gasteiger partial charge is 0.444 e. The largest absolute Gasteiger partial charge is 0.495 e. The van der Waals surface area contributed by atoms with Crippen molar-refractivity contribution >= 4 is 18.7 Å². The number of carbonyl (C=O) groups excluding carboxylic acids is 1. The Morgan fingerprint density at radius 2 is 1.85 bits per heavy atom. The molecule has 1 amide bonds. The van der Waals surface area contributed by atoms with Crippen LogP contribution < -0.4 is 5.46 Å². The first-order chi connectivity index (χ1) is 11.9. The van der Waals surface area contributed by atoms with Crippen LogP contribution in [0.3, 0.4) is 0 Å². The second kappa shape index (κ2) is 6.24. The number of carbonyl (C=O) groups is 1. The minimum absolute atomic E-state index is 0.300. The van der Waals surface area contributed by atoms with Crippen LogP contribution in [0.15, 0.2) is 12.3 Å². The Morgan fingerprint density at radius 1 is 1.23 bits per heavy atom. The van der Waals surface area contributed by atoms with E-state index in [0.29, 0.717) is 19.5 Å². The van der Waals surface area contributed by atoms with Gasteiger partial charge in [0.2, 0.25) is 0 Å². The number of aromatic nitrogens is 1. The summed E-state index contributed by atoms with van der Waals surface area (Å²) in [5.41, 5.74) is 1.74. The van der Waals surface area contributed by atoms with E-state index in [2.05, 4.69) is 4.98 Å². The van der Waals surface area contributed by atoms with Crippen molar-refractivity contribution < 1.29 is 18.8 Å². The van der Waals surface area contributed by atoms with Gasteiger partial charge in [0, 0.05) is 12.7 Å². The van der Waals surface area contributed by atoms with E-state index in [4.69, 9.17) is 14.0 Å². The fourth-order valence-electron chi connectivity index (χ4n) is 3.16. The number of hydrogen-bond donors (Lipinski definition) is 0. The summed E-state index contributed by atoms with van der Waals surface area (Å²) >= 11 is 0. The van der Waals surface area contributed by atoms with Crippen LogP contribution in [0.25, 0.3) is 0 Å². The molecule has 1 aromatic rings. The molecule has 0 spiro atoms. The van der Waals surface area contributed by atoms with E-state index in [1.165, 1.54) is 0 Å². The van der Waals surface area contributed by atoms with E-state index in [0.717, 1.165) is 16.7 Å². The van der Waals surface area contributed by atoms with Gasteiger partial charge in [0.25, 0.3) is 0 Å². The molecule has 7 heteroatoms. The van der Waals surface area contributed by atoms with Crippen LogP contribution in [0.1, 0.15) is 59.7 Å². The third-order valence-corrected chi connectivity index (χ3v) is 5.31. The molecule has 0 unspecified atom stereocenters. The molecule has 2 aliphatic rings. The Bertz CT molecular complexity index is 696. The summed E-state index contributed by atoms with van der Waals surface area (Å²) in [5.74, 6) is 0. The summed E-state index contributed by atoms with van der Waals surface area (Å²) in [6.45, 7) is 14.8. The average Bonchev–Trinajstić information content (AvgIpc) is 2.72. The number of pyridine rings is 1. The lowest BCUT2D eigenvalue weighted by atomic mass is 9.74. The van der Waals surface area contributed by atoms with Crippen molar-refractivity contribution in [2.24, 2.45) is 0 Å². The number of hydrogen-bond acceptors (Lipinski definition) is 5. The molecule has 142 valence electrons. The normalized spacial score (nSPS) is 21.5. The maximum Gasteiger partial charge on any atom is 0.495 e. The van der Waals surface area contributed by atoms with E-state index >= 15 is 0 Å². The number of nitrogens with zero attached hydrogens (tertiary/aromatic N) is 2. The summed E-state index contributed by atoms with van der Waals surface area (Å²) in [5, 5.41) is 0. The number of ether oxygens (including phenoxy) is 1. The monoisotopic (exact) mass is 360 g/mol. The molecule has 2 aliphatic heterocycles. The predicted octanol–water partition coefficient (Wildman–Crippen LogP) is 2.67. The van der Waals surface area contributed by atoms with Crippen LogP contribution >= 0.6 is 0 Å². The van der Waals surface area contributed by atoms with Gasteiger partial charge < -0.3 is 18.9 Å². The van der Waals surface area contributed by atoms with Gasteiger partial charge in [-0.15, -0.1) is 0 Å². The van der Waals surface area contributed by atoms with Gasteiger partial charge in [-0.1, -0.05) is 0 Å². The fourth-order valence-corrected chi connectivity index (χ4v) is 3.16. The van der Waals surface area contributed by atoms with E-state index in [1.54, 1.807) is 11.1 Å². The summed E-state index contributed by atoms with van der Waals surface area (Å²) in [4.78, 5) is 18.6. The first-order valence-electron chi connectivity index (χ1n) is 9.20. The molecule has 0 N–H and O–H groups in total. The SMILES string of the molecule is CC(C)(C)OC(=O)N1CCc2c(B3OC(C)(C)C(C)(C)O3)ccnc2C1. The summed E-state index contributed by atoms with van der Waals surface area (Å²) in [7, 11) is -0.412. The molecule has 0 aliphatic carbocycles. The van der Waals surface area contributed by atoms with Crippen LogP contribution in [0.4, 0.5) is 4.79 Å². The van der Waals surface area contributed by atoms with Crippen molar-refractivity contribution in [3.8, 4) is 0 Å². The fraction of sp³-hybridized carbons (Fsp3) is 0.684. The lowest BCUT2D eigenvalue weighted by molar-refractivity contribution is 0.00578. The Labute approximate surface area is 156 Å². The minimum atomic E-state index is -0.505. The highest BCUT2D eigenvalue weighted by molar-refractivity contribution is 6.62. The quantitative estimate of drug-likeness (QED) is 0.721. The van der Waals surface area contributed by atoms with Crippen molar-refractivity contribution in [3.05, 3.63) is 23.5 Å². The van der Waals surface area contributed by atoms with Crippen LogP contribution in [0.5, 0.6) is 0 Å². The topological polar surface area (TPSA) is 60.9 Å². The highest BCUT2D eigenvalue weighted by Gasteiger charge is 2.52. The Kier molecular flexibility index (Phi) is 4.60. The molecule has 0 bridgehead atoms. The molecule has 3 rings (SSSR count). The van der Waals surface area contributed by atoms with Gasteiger partial charge in [0.15, 0.2) is 0 Å². The molecule has 1 aromatic heterocycles. The van der Waals surface area contributed by atoms with Gasteiger partial charge >= 0.3 is 13.2 Å².